The Labute approximate surface area is 185 Å². The number of benzene rings is 2. The highest BCUT2D eigenvalue weighted by Gasteiger charge is 2.30. The van der Waals surface area contributed by atoms with Crippen molar-refractivity contribution < 1.29 is 17.9 Å². The maximum absolute atomic E-state index is 12.9. The first-order valence-electron chi connectivity index (χ1n) is 8.67. The summed E-state index contributed by atoms with van der Waals surface area (Å²) in [4.78, 5) is 0. The minimum absolute atomic E-state index is 0.0883. The smallest absolute Gasteiger partial charge is 0.416 e. The molecule has 0 saturated carbocycles. The molecule has 0 fully saturated rings. The Morgan fingerprint density at radius 2 is 1.93 bits per heavy atom. The van der Waals surface area contributed by atoms with E-state index < -0.39 is 11.7 Å². The van der Waals surface area contributed by atoms with E-state index in [-0.39, 0.29) is 6.61 Å². The molecule has 0 aliphatic carbocycles. The van der Waals surface area contributed by atoms with E-state index in [0.717, 1.165) is 12.1 Å². The molecule has 0 aliphatic rings. The quantitative estimate of drug-likeness (QED) is 0.270. The third-order valence-corrected chi connectivity index (χ3v) is 5.56. The van der Waals surface area contributed by atoms with Gasteiger partial charge in [0.2, 0.25) is 0 Å². The summed E-state index contributed by atoms with van der Waals surface area (Å²) in [7, 11) is 0. The first-order chi connectivity index (χ1) is 14.3. The standard InChI is InChI=1S/C20H16Cl2F3N3OS/c1-2-8-28-18(11-29-17-10-15(21)6-7-16(17)22)26-27-19(28)30-12-13-4-3-5-14(9-13)20(23,24)25/h2-7,9-10H,1,8,11-12H2. The van der Waals surface area contributed by atoms with Crippen molar-refractivity contribution in [3.05, 3.63) is 82.1 Å². The van der Waals surface area contributed by atoms with Crippen LogP contribution in [0.5, 0.6) is 5.75 Å². The van der Waals surface area contributed by atoms with Crippen LogP contribution in [0.4, 0.5) is 13.2 Å². The van der Waals surface area contributed by atoms with Gasteiger partial charge in [0.05, 0.1) is 10.6 Å². The minimum atomic E-state index is -4.38. The maximum Gasteiger partial charge on any atom is 0.416 e. The molecule has 0 bridgehead atoms. The zero-order valence-corrected chi connectivity index (χ0v) is 17.8. The lowest BCUT2D eigenvalue weighted by molar-refractivity contribution is -0.137. The van der Waals surface area contributed by atoms with Gasteiger partial charge in [-0.25, -0.2) is 0 Å². The molecule has 3 rings (SSSR count). The predicted molar refractivity (Wildman–Crippen MR) is 112 cm³/mol. The molecule has 2 aromatic carbocycles. The van der Waals surface area contributed by atoms with Gasteiger partial charge in [0.15, 0.2) is 11.0 Å². The van der Waals surface area contributed by atoms with Crippen molar-refractivity contribution in [3.63, 3.8) is 0 Å². The molecule has 0 N–H and O–H groups in total. The van der Waals surface area contributed by atoms with Crippen LogP contribution in [-0.2, 0) is 25.1 Å². The van der Waals surface area contributed by atoms with Crippen LogP contribution in [0.2, 0.25) is 10.0 Å². The van der Waals surface area contributed by atoms with Crippen molar-refractivity contribution >= 4 is 35.0 Å². The third kappa shape index (κ3) is 5.71. The number of hydrogen-bond acceptors (Lipinski definition) is 4. The van der Waals surface area contributed by atoms with E-state index >= 15 is 0 Å². The van der Waals surface area contributed by atoms with E-state index in [2.05, 4.69) is 16.8 Å². The van der Waals surface area contributed by atoms with Gasteiger partial charge in [0.25, 0.3) is 0 Å². The van der Waals surface area contributed by atoms with Gasteiger partial charge in [0.1, 0.15) is 12.4 Å². The molecular weight excluding hydrogens is 458 g/mol. The summed E-state index contributed by atoms with van der Waals surface area (Å²) in [5, 5.41) is 9.71. The van der Waals surface area contributed by atoms with Gasteiger partial charge in [-0.05, 0) is 23.8 Å². The molecule has 0 radical (unpaired) electrons. The summed E-state index contributed by atoms with van der Waals surface area (Å²) in [5.74, 6) is 1.24. The van der Waals surface area contributed by atoms with Crippen molar-refractivity contribution in [1.82, 2.24) is 14.8 Å². The van der Waals surface area contributed by atoms with Crippen LogP contribution < -0.4 is 4.74 Å². The number of thioether (sulfide) groups is 1. The van der Waals surface area contributed by atoms with E-state index in [1.165, 1.54) is 17.8 Å². The highest BCUT2D eigenvalue weighted by Crippen LogP contribution is 2.32. The maximum atomic E-state index is 12.9. The van der Waals surface area contributed by atoms with Crippen LogP contribution in [0.15, 0.2) is 60.3 Å². The number of nitrogens with zero attached hydrogens (tertiary/aromatic N) is 3. The monoisotopic (exact) mass is 473 g/mol. The molecule has 158 valence electrons. The number of hydrogen-bond donors (Lipinski definition) is 0. The molecule has 30 heavy (non-hydrogen) atoms. The summed E-state index contributed by atoms with van der Waals surface area (Å²) in [5.41, 5.74) is -0.146. The number of alkyl halides is 3. The topological polar surface area (TPSA) is 39.9 Å². The van der Waals surface area contributed by atoms with Gasteiger partial charge in [-0.3, -0.25) is 4.57 Å². The second-order valence-corrected chi connectivity index (χ2v) is 7.93. The summed E-state index contributed by atoms with van der Waals surface area (Å²) >= 11 is 13.3. The first-order valence-corrected chi connectivity index (χ1v) is 10.4. The van der Waals surface area contributed by atoms with E-state index in [0.29, 0.717) is 44.6 Å². The number of rotatable bonds is 8. The highest BCUT2D eigenvalue weighted by atomic mass is 35.5. The lowest BCUT2D eigenvalue weighted by Crippen LogP contribution is -2.08. The predicted octanol–water partition coefficient (Wildman–Crippen LogP) is 6.66. The Morgan fingerprint density at radius 1 is 1.13 bits per heavy atom. The fourth-order valence-electron chi connectivity index (χ4n) is 2.56. The molecule has 0 amide bonds. The van der Waals surface area contributed by atoms with Crippen molar-refractivity contribution in [2.45, 2.75) is 30.2 Å². The third-order valence-electron chi connectivity index (χ3n) is 3.98. The van der Waals surface area contributed by atoms with Crippen LogP contribution in [0.1, 0.15) is 17.0 Å². The lowest BCUT2D eigenvalue weighted by atomic mass is 10.1. The molecule has 1 heterocycles. The summed E-state index contributed by atoms with van der Waals surface area (Å²) in [6.07, 6.45) is -2.71. The summed E-state index contributed by atoms with van der Waals surface area (Å²) in [6.45, 7) is 4.23. The molecule has 4 nitrogen and oxygen atoms in total. The fourth-order valence-corrected chi connectivity index (χ4v) is 3.80. The number of allylic oxidation sites excluding steroid dienone is 1. The van der Waals surface area contributed by atoms with Crippen molar-refractivity contribution in [2.75, 3.05) is 0 Å². The van der Waals surface area contributed by atoms with Crippen molar-refractivity contribution in [2.24, 2.45) is 0 Å². The zero-order valence-electron chi connectivity index (χ0n) is 15.5. The van der Waals surface area contributed by atoms with E-state index in [1.54, 1.807) is 34.9 Å². The Kier molecular flexibility index (Phi) is 7.33. The zero-order chi connectivity index (χ0) is 21.7. The molecule has 1 aromatic heterocycles. The second kappa shape index (κ2) is 9.76. The van der Waals surface area contributed by atoms with Gasteiger partial charge in [0, 0.05) is 23.4 Å². The average molecular weight is 474 g/mol. The normalized spacial score (nSPS) is 11.5. The molecule has 3 aromatic rings. The van der Waals surface area contributed by atoms with Gasteiger partial charge >= 0.3 is 6.18 Å². The van der Waals surface area contributed by atoms with Gasteiger partial charge in [-0.15, -0.1) is 16.8 Å². The summed E-state index contributed by atoms with van der Waals surface area (Å²) < 4.78 is 46.2. The Bertz CT molecular complexity index is 1040. The number of aromatic nitrogens is 3. The molecule has 0 spiro atoms. The fraction of sp³-hybridized carbons (Fsp3) is 0.200. The van der Waals surface area contributed by atoms with Crippen LogP contribution in [0.3, 0.4) is 0 Å². The van der Waals surface area contributed by atoms with Crippen LogP contribution in [-0.4, -0.2) is 14.8 Å². The van der Waals surface area contributed by atoms with E-state index in [1.807, 2.05) is 0 Å². The molecule has 0 unspecified atom stereocenters. The van der Waals surface area contributed by atoms with Crippen LogP contribution >= 0.6 is 35.0 Å². The Balaban J connectivity index is 1.73. The molecule has 0 saturated heterocycles. The van der Waals surface area contributed by atoms with Crippen LogP contribution in [0.25, 0.3) is 0 Å². The second-order valence-electron chi connectivity index (χ2n) is 6.15. The van der Waals surface area contributed by atoms with Crippen molar-refractivity contribution in [3.8, 4) is 5.75 Å². The van der Waals surface area contributed by atoms with Crippen molar-refractivity contribution in [1.29, 1.82) is 0 Å². The van der Waals surface area contributed by atoms with Gasteiger partial charge in [-0.1, -0.05) is 59.2 Å². The largest absolute Gasteiger partial charge is 0.484 e. The van der Waals surface area contributed by atoms with E-state index in [4.69, 9.17) is 27.9 Å². The molecule has 0 aliphatic heterocycles. The van der Waals surface area contributed by atoms with Gasteiger partial charge in [-0.2, -0.15) is 13.2 Å². The average Bonchev–Trinajstić information content (AvgIpc) is 3.08. The van der Waals surface area contributed by atoms with Crippen LogP contribution in [0, 0.1) is 0 Å². The molecular formula is C20H16Cl2F3N3OS. The van der Waals surface area contributed by atoms with Gasteiger partial charge < -0.3 is 4.74 Å². The molecule has 10 heteroatoms. The lowest BCUT2D eigenvalue weighted by Gasteiger charge is -2.11. The number of halogens is 5. The number of ether oxygens (including phenoxy) is 1. The Morgan fingerprint density at radius 3 is 2.67 bits per heavy atom. The summed E-state index contributed by atoms with van der Waals surface area (Å²) in [6, 6.07) is 10.1. The minimum Gasteiger partial charge on any atom is -0.484 e. The SMILES string of the molecule is C=CCn1c(COc2cc(Cl)ccc2Cl)nnc1SCc1cccc(C(F)(F)F)c1. The first kappa shape index (κ1) is 22.5. The highest BCUT2D eigenvalue weighted by molar-refractivity contribution is 7.98. The van der Waals surface area contributed by atoms with E-state index in [9.17, 15) is 13.2 Å². The Hall–Kier alpha value is -2.16. The molecule has 0 atom stereocenters.